The van der Waals surface area contributed by atoms with Crippen LogP contribution in [-0.4, -0.2) is 36.2 Å². The fourth-order valence-corrected chi connectivity index (χ4v) is 1.88. The van der Waals surface area contributed by atoms with Crippen molar-refractivity contribution < 1.29 is 9.53 Å². The molecule has 0 aromatic carbocycles. The summed E-state index contributed by atoms with van der Waals surface area (Å²) >= 11 is 0. The van der Waals surface area contributed by atoms with Crippen LogP contribution >= 0.6 is 0 Å². The number of carbonyl (C=O) groups excluding carboxylic acids is 1. The molecule has 0 aliphatic carbocycles. The highest BCUT2D eigenvalue weighted by molar-refractivity contribution is 5.83. The van der Waals surface area contributed by atoms with Crippen LogP contribution in [0.1, 0.15) is 12.8 Å². The van der Waals surface area contributed by atoms with Crippen LogP contribution in [0.25, 0.3) is 0 Å². The second-order valence-electron chi connectivity index (χ2n) is 3.27. The smallest absolute Gasteiger partial charge is 0.251 e. The van der Waals surface area contributed by atoms with Crippen molar-refractivity contribution in [1.82, 2.24) is 4.90 Å². The van der Waals surface area contributed by atoms with Gasteiger partial charge in [0, 0.05) is 6.54 Å². The molecule has 62 valence electrons. The number of likely N-dealkylation sites (tertiary alicyclic amines) is 1. The summed E-state index contributed by atoms with van der Waals surface area (Å²) in [6.45, 7) is 1.00. The van der Waals surface area contributed by atoms with E-state index in [1.165, 1.54) is 0 Å². The molecule has 1 spiro atoms. The van der Waals surface area contributed by atoms with Gasteiger partial charge in [0.2, 0.25) is 0 Å². The summed E-state index contributed by atoms with van der Waals surface area (Å²) in [5.41, 5.74) is 4.82. The van der Waals surface area contributed by atoms with Gasteiger partial charge in [-0.2, -0.15) is 0 Å². The van der Waals surface area contributed by atoms with Crippen molar-refractivity contribution in [3.05, 3.63) is 0 Å². The van der Waals surface area contributed by atoms with Crippen molar-refractivity contribution in [2.24, 2.45) is 5.73 Å². The average molecular weight is 156 g/mol. The first kappa shape index (κ1) is 7.06. The quantitative estimate of drug-likeness (QED) is 0.510. The molecule has 2 atom stereocenters. The molecule has 1 amide bonds. The Kier molecular flexibility index (Phi) is 1.25. The molecule has 2 fully saturated rings. The van der Waals surface area contributed by atoms with Crippen LogP contribution in [-0.2, 0) is 9.53 Å². The molecule has 2 heterocycles. The topological polar surface area (TPSA) is 58.9 Å². The summed E-state index contributed by atoms with van der Waals surface area (Å²) in [5.74, 6) is -0.334. The number of rotatable bonds is 1. The van der Waals surface area contributed by atoms with E-state index >= 15 is 0 Å². The van der Waals surface area contributed by atoms with E-state index in [0.717, 1.165) is 19.4 Å². The van der Waals surface area contributed by atoms with Gasteiger partial charge in [0.25, 0.3) is 5.91 Å². The number of nitrogens with two attached hydrogens (primary N) is 1. The zero-order valence-corrected chi connectivity index (χ0v) is 6.54. The SMILES string of the molecule is CN1CCCC12OC2C(N)=O. The highest BCUT2D eigenvalue weighted by Gasteiger charge is 2.64. The monoisotopic (exact) mass is 156 g/mol. The number of hydrogen-bond acceptors (Lipinski definition) is 3. The first-order valence-corrected chi connectivity index (χ1v) is 3.85. The Hall–Kier alpha value is -0.610. The molecule has 0 aromatic rings. The molecule has 0 radical (unpaired) electrons. The molecule has 0 saturated carbocycles. The Morgan fingerprint density at radius 3 is 2.91 bits per heavy atom. The van der Waals surface area contributed by atoms with Crippen LogP contribution < -0.4 is 5.73 Å². The third-order valence-corrected chi connectivity index (χ3v) is 2.61. The minimum atomic E-state index is -0.352. The Morgan fingerprint density at radius 2 is 2.55 bits per heavy atom. The van der Waals surface area contributed by atoms with E-state index in [0.29, 0.717) is 0 Å². The van der Waals surface area contributed by atoms with Crippen LogP contribution in [0, 0.1) is 0 Å². The molecule has 2 unspecified atom stereocenters. The lowest BCUT2D eigenvalue weighted by Gasteiger charge is -2.13. The van der Waals surface area contributed by atoms with E-state index in [1.807, 2.05) is 7.05 Å². The minimum absolute atomic E-state index is 0.300. The minimum Gasteiger partial charge on any atom is -0.367 e. The number of carbonyl (C=O) groups is 1. The Labute approximate surface area is 65.3 Å². The summed E-state index contributed by atoms with van der Waals surface area (Å²) in [4.78, 5) is 12.8. The molecule has 0 bridgehead atoms. The second kappa shape index (κ2) is 1.95. The standard InChI is InChI=1S/C7H12N2O2/c1-9-4-2-3-7(9)5(11-7)6(8)10/h5H,2-4H2,1H3,(H2,8,10). The van der Waals surface area contributed by atoms with E-state index in [9.17, 15) is 4.79 Å². The number of primary amides is 1. The third-order valence-electron chi connectivity index (χ3n) is 2.61. The van der Waals surface area contributed by atoms with Crippen molar-refractivity contribution in [2.45, 2.75) is 24.7 Å². The first-order chi connectivity index (χ1) is 5.17. The molecule has 2 saturated heterocycles. The predicted molar refractivity (Wildman–Crippen MR) is 38.7 cm³/mol. The molecule has 2 N–H and O–H groups in total. The van der Waals surface area contributed by atoms with Gasteiger partial charge < -0.3 is 10.5 Å². The second-order valence-corrected chi connectivity index (χ2v) is 3.27. The zero-order valence-electron chi connectivity index (χ0n) is 6.54. The van der Waals surface area contributed by atoms with Crippen molar-refractivity contribution in [3.63, 3.8) is 0 Å². The van der Waals surface area contributed by atoms with Crippen molar-refractivity contribution in [2.75, 3.05) is 13.6 Å². The Balaban J connectivity index is 2.10. The maximum Gasteiger partial charge on any atom is 0.251 e. The highest BCUT2D eigenvalue weighted by Crippen LogP contribution is 2.46. The summed E-state index contributed by atoms with van der Waals surface area (Å²) in [7, 11) is 1.97. The molecule has 2 rings (SSSR count). The molecule has 0 aromatic heterocycles. The summed E-state index contributed by atoms with van der Waals surface area (Å²) < 4.78 is 5.29. The van der Waals surface area contributed by atoms with Gasteiger partial charge in [-0.3, -0.25) is 9.69 Å². The number of amides is 1. The molecule has 4 heteroatoms. The normalized spacial score (nSPS) is 43.2. The lowest BCUT2D eigenvalue weighted by molar-refractivity contribution is -0.119. The Morgan fingerprint density at radius 1 is 1.82 bits per heavy atom. The van der Waals surface area contributed by atoms with Gasteiger partial charge in [0.15, 0.2) is 11.8 Å². The third kappa shape index (κ3) is 0.795. The predicted octanol–water partition coefficient (Wildman–Crippen LogP) is -0.708. The van der Waals surface area contributed by atoms with Crippen LogP contribution in [0.3, 0.4) is 0 Å². The van der Waals surface area contributed by atoms with Gasteiger partial charge in [-0.1, -0.05) is 0 Å². The lowest BCUT2D eigenvalue weighted by atomic mass is 10.1. The molecular weight excluding hydrogens is 144 g/mol. The fourth-order valence-electron chi connectivity index (χ4n) is 1.88. The van der Waals surface area contributed by atoms with E-state index < -0.39 is 0 Å². The maximum absolute atomic E-state index is 10.7. The Bertz CT molecular complexity index is 207. The van der Waals surface area contributed by atoms with Crippen LogP contribution in [0.15, 0.2) is 0 Å². The zero-order chi connectivity index (χ0) is 8.06. The van der Waals surface area contributed by atoms with E-state index in [-0.39, 0.29) is 17.7 Å². The van der Waals surface area contributed by atoms with Gasteiger partial charge in [-0.25, -0.2) is 0 Å². The highest BCUT2D eigenvalue weighted by atomic mass is 16.6. The summed E-state index contributed by atoms with van der Waals surface area (Å²) in [6.07, 6.45) is 1.69. The van der Waals surface area contributed by atoms with Gasteiger partial charge in [0.05, 0.1) is 0 Å². The summed E-state index contributed by atoms with van der Waals surface area (Å²) in [5, 5.41) is 0. The van der Waals surface area contributed by atoms with Crippen LogP contribution in [0.4, 0.5) is 0 Å². The average Bonchev–Trinajstić information content (AvgIpc) is 2.54. The maximum atomic E-state index is 10.7. The molecule has 2 aliphatic heterocycles. The van der Waals surface area contributed by atoms with E-state index in [4.69, 9.17) is 10.5 Å². The summed E-state index contributed by atoms with van der Waals surface area (Å²) in [6, 6.07) is 0. The molecule has 2 aliphatic rings. The van der Waals surface area contributed by atoms with Crippen molar-refractivity contribution in [3.8, 4) is 0 Å². The lowest BCUT2D eigenvalue weighted by Crippen LogP contribution is -2.35. The first-order valence-electron chi connectivity index (χ1n) is 3.85. The van der Waals surface area contributed by atoms with E-state index in [2.05, 4.69) is 4.90 Å². The van der Waals surface area contributed by atoms with Crippen LogP contribution in [0.5, 0.6) is 0 Å². The van der Waals surface area contributed by atoms with E-state index in [1.54, 1.807) is 0 Å². The number of likely N-dealkylation sites (N-methyl/N-ethyl adjacent to an activating group) is 1. The molecular formula is C7H12N2O2. The molecule has 4 nitrogen and oxygen atoms in total. The fraction of sp³-hybridized carbons (Fsp3) is 0.857. The number of epoxide rings is 1. The van der Waals surface area contributed by atoms with Crippen molar-refractivity contribution in [1.29, 1.82) is 0 Å². The largest absolute Gasteiger partial charge is 0.367 e. The van der Waals surface area contributed by atoms with Crippen LogP contribution in [0.2, 0.25) is 0 Å². The molecule has 11 heavy (non-hydrogen) atoms. The van der Waals surface area contributed by atoms with Crippen molar-refractivity contribution >= 4 is 5.91 Å². The van der Waals surface area contributed by atoms with Gasteiger partial charge in [-0.05, 0) is 19.9 Å². The number of hydrogen-bond donors (Lipinski definition) is 1. The number of ether oxygens (including phenoxy) is 1. The van der Waals surface area contributed by atoms with Gasteiger partial charge in [-0.15, -0.1) is 0 Å². The van der Waals surface area contributed by atoms with Gasteiger partial charge >= 0.3 is 0 Å². The van der Waals surface area contributed by atoms with Gasteiger partial charge in [0.1, 0.15) is 0 Å². The number of nitrogens with zero attached hydrogens (tertiary/aromatic N) is 1.